The first-order chi connectivity index (χ1) is 9.24. The van der Waals surface area contributed by atoms with Gasteiger partial charge in [-0.1, -0.05) is 24.3 Å². The maximum absolute atomic E-state index is 11.4. The zero-order chi connectivity index (χ0) is 13.2. The van der Waals surface area contributed by atoms with E-state index in [-0.39, 0.29) is 5.78 Å². The average Bonchev–Trinajstić information content (AvgIpc) is 2.47. The van der Waals surface area contributed by atoms with Gasteiger partial charge in [0.1, 0.15) is 0 Å². The van der Waals surface area contributed by atoms with Crippen LogP contribution in [0.4, 0.5) is 0 Å². The zero-order valence-corrected chi connectivity index (χ0v) is 10.5. The van der Waals surface area contributed by atoms with Crippen LogP contribution in [0.5, 0.6) is 0 Å². The Balaban J connectivity index is 2.12. The summed E-state index contributed by atoms with van der Waals surface area (Å²) in [6, 6.07) is 13.5. The van der Waals surface area contributed by atoms with Crippen molar-refractivity contribution in [2.75, 3.05) is 0 Å². The fourth-order valence-electron chi connectivity index (χ4n) is 2.05. The van der Waals surface area contributed by atoms with Crippen LogP contribution in [0.15, 0.2) is 54.9 Å². The third kappa shape index (κ3) is 2.22. The minimum absolute atomic E-state index is 0.0809. The molecule has 0 aliphatic rings. The molecular formula is C16H12N2O. The van der Waals surface area contributed by atoms with Crippen molar-refractivity contribution in [1.82, 2.24) is 9.97 Å². The molecule has 92 valence electrons. The van der Waals surface area contributed by atoms with E-state index in [1.165, 1.54) is 0 Å². The van der Waals surface area contributed by atoms with Crippen molar-refractivity contribution in [3.8, 4) is 11.4 Å². The normalized spacial score (nSPS) is 10.6. The number of benzene rings is 2. The van der Waals surface area contributed by atoms with Gasteiger partial charge in [0.15, 0.2) is 11.6 Å². The standard InChI is InChI=1S/C16H12N2O/c1-11(19)12-3-4-14-10-15(6-5-13(14)9-12)16-17-7-2-8-18-16/h2-10H,1H3. The number of nitrogens with zero attached hydrogens (tertiary/aromatic N) is 2. The summed E-state index contributed by atoms with van der Waals surface area (Å²) in [5.74, 6) is 0.789. The van der Waals surface area contributed by atoms with E-state index in [0.29, 0.717) is 5.82 Å². The van der Waals surface area contributed by atoms with E-state index in [1.54, 1.807) is 25.4 Å². The smallest absolute Gasteiger partial charge is 0.159 e. The van der Waals surface area contributed by atoms with Crippen molar-refractivity contribution < 1.29 is 4.79 Å². The number of hydrogen-bond donors (Lipinski definition) is 0. The molecule has 3 nitrogen and oxygen atoms in total. The Bertz CT molecular complexity index is 751. The number of hydrogen-bond acceptors (Lipinski definition) is 3. The molecule has 0 fully saturated rings. The largest absolute Gasteiger partial charge is 0.295 e. The van der Waals surface area contributed by atoms with Gasteiger partial charge in [-0.2, -0.15) is 0 Å². The lowest BCUT2D eigenvalue weighted by Crippen LogP contribution is -1.91. The van der Waals surface area contributed by atoms with Crippen LogP contribution >= 0.6 is 0 Å². The molecule has 0 atom stereocenters. The SMILES string of the molecule is CC(=O)c1ccc2cc(-c3ncccn3)ccc2c1. The van der Waals surface area contributed by atoms with Crippen LogP contribution in [0.3, 0.4) is 0 Å². The third-order valence-electron chi connectivity index (χ3n) is 3.07. The number of ketones is 1. The molecule has 0 spiro atoms. The fraction of sp³-hybridized carbons (Fsp3) is 0.0625. The van der Waals surface area contributed by atoms with Crippen LogP contribution in [0.2, 0.25) is 0 Å². The van der Waals surface area contributed by atoms with Crippen LogP contribution in [0.25, 0.3) is 22.2 Å². The average molecular weight is 248 g/mol. The van der Waals surface area contributed by atoms with E-state index in [1.807, 2.05) is 36.4 Å². The van der Waals surface area contributed by atoms with Gasteiger partial charge in [0.05, 0.1) is 0 Å². The molecule has 3 rings (SSSR count). The van der Waals surface area contributed by atoms with Gasteiger partial charge in [-0.15, -0.1) is 0 Å². The molecule has 2 aromatic carbocycles. The second-order valence-corrected chi connectivity index (χ2v) is 4.41. The Morgan fingerprint density at radius 3 is 2.37 bits per heavy atom. The maximum atomic E-state index is 11.4. The second-order valence-electron chi connectivity index (χ2n) is 4.41. The summed E-state index contributed by atoms with van der Waals surface area (Å²) in [7, 11) is 0. The maximum Gasteiger partial charge on any atom is 0.159 e. The first-order valence-electron chi connectivity index (χ1n) is 6.06. The molecule has 0 radical (unpaired) electrons. The lowest BCUT2D eigenvalue weighted by molar-refractivity contribution is 0.101. The Labute approximate surface area is 111 Å². The number of Topliss-reactive ketones (excluding diaryl/α,β-unsaturated/α-hetero) is 1. The van der Waals surface area contributed by atoms with Crippen LogP contribution in [-0.2, 0) is 0 Å². The van der Waals surface area contributed by atoms with E-state index in [9.17, 15) is 4.79 Å². The highest BCUT2D eigenvalue weighted by Crippen LogP contribution is 2.22. The fourth-order valence-corrected chi connectivity index (χ4v) is 2.05. The molecule has 3 heteroatoms. The summed E-state index contributed by atoms with van der Waals surface area (Å²) in [5.41, 5.74) is 1.71. The summed E-state index contributed by atoms with van der Waals surface area (Å²) in [6.45, 7) is 1.58. The first-order valence-corrected chi connectivity index (χ1v) is 6.06. The molecule has 3 aromatic rings. The topological polar surface area (TPSA) is 42.9 Å². The predicted molar refractivity (Wildman–Crippen MR) is 75.0 cm³/mol. The Morgan fingerprint density at radius 1 is 0.947 bits per heavy atom. The Hall–Kier alpha value is -2.55. The van der Waals surface area contributed by atoms with Gasteiger partial charge in [0.25, 0.3) is 0 Å². The molecular weight excluding hydrogens is 236 g/mol. The molecule has 0 bridgehead atoms. The van der Waals surface area contributed by atoms with E-state index >= 15 is 0 Å². The molecule has 0 aliphatic heterocycles. The minimum atomic E-state index is 0.0809. The Morgan fingerprint density at radius 2 is 1.63 bits per heavy atom. The van der Waals surface area contributed by atoms with Crippen molar-refractivity contribution in [1.29, 1.82) is 0 Å². The highest BCUT2D eigenvalue weighted by Gasteiger charge is 2.04. The number of carbonyl (C=O) groups excluding carboxylic acids is 1. The second kappa shape index (κ2) is 4.61. The van der Waals surface area contributed by atoms with Gasteiger partial charge >= 0.3 is 0 Å². The third-order valence-corrected chi connectivity index (χ3v) is 3.07. The molecule has 1 heterocycles. The molecule has 19 heavy (non-hydrogen) atoms. The molecule has 0 amide bonds. The van der Waals surface area contributed by atoms with Gasteiger partial charge in [-0.05, 0) is 35.9 Å². The van der Waals surface area contributed by atoms with Gasteiger partial charge in [-0.3, -0.25) is 4.79 Å². The Kier molecular flexibility index (Phi) is 2.80. The number of carbonyl (C=O) groups is 1. The van der Waals surface area contributed by atoms with E-state index in [0.717, 1.165) is 21.9 Å². The lowest BCUT2D eigenvalue weighted by Gasteiger charge is -2.04. The number of rotatable bonds is 2. The molecule has 0 N–H and O–H groups in total. The van der Waals surface area contributed by atoms with Crippen LogP contribution < -0.4 is 0 Å². The molecule has 0 unspecified atom stereocenters. The molecule has 1 aromatic heterocycles. The van der Waals surface area contributed by atoms with E-state index in [4.69, 9.17) is 0 Å². The summed E-state index contributed by atoms with van der Waals surface area (Å²) in [4.78, 5) is 19.8. The van der Waals surface area contributed by atoms with Crippen LogP contribution in [-0.4, -0.2) is 15.8 Å². The monoisotopic (exact) mass is 248 g/mol. The van der Waals surface area contributed by atoms with Crippen molar-refractivity contribution >= 4 is 16.6 Å². The van der Waals surface area contributed by atoms with Crippen molar-refractivity contribution in [3.05, 3.63) is 60.4 Å². The molecule has 0 saturated carbocycles. The van der Waals surface area contributed by atoms with Gasteiger partial charge < -0.3 is 0 Å². The minimum Gasteiger partial charge on any atom is -0.295 e. The van der Waals surface area contributed by atoms with Crippen molar-refractivity contribution in [3.63, 3.8) is 0 Å². The summed E-state index contributed by atoms with van der Waals surface area (Å²) < 4.78 is 0. The van der Waals surface area contributed by atoms with Gasteiger partial charge in [0, 0.05) is 23.5 Å². The van der Waals surface area contributed by atoms with Gasteiger partial charge in [-0.25, -0.2) is 9.97 Å². The van der Waals surface area contributed by atoms with E-state index in [2.05, 4.69) is 9.97 Å². The molecule has 0 saturated heterocycles. The highest BCUT2D eigenvalue weighted by atomic mass is 16.1. The highest BCUT2D eigenvalue weighted by molar-refractivity contribution is 5.99. The van der Waals surface area contributed by atoms with Crippen molar-refractivity contribution in [2.24, 2.45) is 0 Å². The molecule has 0 aliphatic carbocycles. The van der Waals surface area contributed by atoms with Crippen LogP contribution in [0.1, 0.15) is 17.3 Å². The lowest BCUT2D eigenvalue weighted by atomic mass is 10.0. The predicted octanol–water partition coefficient (Wildman–Crippen LogP) is 3.50. The summed E-state index contributed by atoms with van der Waals surface area (Å²) in [5, 5.41) is 2.13. The number of fused-ring (bicyclic) bond motifs is 1. The zero-order valence-electron chi connectivity index (χ0n) is 10.5. The van der Waals surface area contributed by atoms with Crippen molar-refractivity contribution in [2.45, 2.75) is 6.92 Å². The number of aromatic nitrogens is 2. The van der Waals surface area contributed by atoms with Crippen LogP contribution in [0, 0.1) is 0 Å². The van der Waals surface area contributed by atoms with E-state index < -0.39 is 0 Å². The summed E-state index contributed by atoms with van der Waals surface area (Å²) >= 11 is 0. The summed E-state index contributed by atoms with van der Waals surface area (Å²) in [6.07, 6.45) is 3.46. The first kappa shape index (κ1) is 11.5. The van der Waals surface area contributed by atoms with Gasteiger partial charge in [0.2, 0.25) is 0 Å². The quantitative estimate of drug-likeness (QED) is 0.652.